The summed E-state index contributed by atoms with van der Waals surface area (Å²) in [6.45, 7) is -7.33. The minimum absolute atomic E-state index is 0. The number of rotatable bonds is 0. The summed E-state index contributed by atoms with van der Waals surface area (Å²) in [4.78, 5) is 0. The summed E-state index contributed by atoms with van der Waals surface area (Å²) in [5, 5.41) is 0. The molecule has 0 N–H and O–H groups in total. The van der Waals surface area contributed by atoms with Crippen molar-refractivity contribution < 1.29 is 26.3 Å². The molecule has 0 bridgehead atoms. The summed E-state index contributed by atoms with van der Waals surface area (Å²) in [6, 6.07) is 0. The Morgan fingerprint density at radius 2 is 0.556 bits per heavy atom. The first-order chi connectivity index (χ1) is 3.46. The molecule has 0 spiro atoms. The Kier molecular flexibility index (Phi) is 19.7. The largest absolute Gasteiger partial charge is 0.379 e. The van der Waals surface area contributed by atoms with Gasteiger partial charge >= 0.3 is 13.4 Å². The Morgan fingerprint density at radius 3 is 0.556 bits per heavy atom. The van der Waals surface area contributed by atoms with E-state index in [1.54, 1.807) is 0 Å². The van der Waals surface area contributed by atoms with Crippen LogP contribution in [0.3, 0.4) is 0 Å². The summed E-state index contributed by atoms with van der Waals surface area (Å²) >= 11 is 0. The van der Waals surface area contributed by atoms with E-state index >= 15 is 0 Å². The molecule has 0 heterocycles. The van der Waals surface area contributed by atoms with E-state index in [1.807, 2.05) is 0 Å². The van der Waals surface area contributed by atoms with Crippen molar-refractivity contribution in [3.8, 4) is 0 Å². The number of hydrogen-bond acceptors (Lipinski definition) is 0. The van der Waals surface area contributed by atoms with E-state index in [9.17, 15) is 26.3 Å². The van der Waals surface area contributed by atoms with Crippen LogP contribution >= 0.6 is 0 Å². The van der Waals surface area contributed by atoms with Crippen molar-refractivity contribution >= 4 is 18.9 Å². The van der Waals surface area contributed by atoms with E-state index in [1.165, 1.54) is 0 Å². The molecule has 0 saturated heterocycles. The van der Waals surface area contributed by atoms with Crippen molar-refractivity contribution in [2.75, 3.05) is 0 Å². The molecule has 0 aliphatic carbocycles. The maximum atomic E-state index is 9.67. The van der Waals surface area contributed by atoms with Gasteiger partial charge in [0.05, 0.1) is 0 Å². The maximum Gasteiger partial charge on any atom is 0.379 e. The Bertz CT molecular complexity index is 26.5. The second-order valence-corrected chi connectivity index (χ2v) is 0.495. The standard InChI is InChI=1S/2CHF3.Li/c2*2-1(3)4;/h2*1H;. The molecule has 7 heteroatoms. The third kappa shape index (κ3) is 9920. The molecular formula is C2H2F6Li. The van der Waals surface area contributed by atoms with Gasteiger partial charge in [-0.3, -0.25) is 0 Å². The Morgan fingerprint density at radius 1 is 0.556 bits per heavy atom. The van der Waals surface area contributed by atoms with Crippen molar-refractivity contribution in [3.63, 3.8) is 0 Å². The summed E-state index contributed by atoms with van der Waals surface area (Å²) < 4.78 is 58.0. The van der Waals surface area contributed by atoms with E-state index in [-0.39, 0.29) is 18.9 Å². The molecule has 1 radical (unpaired) electrons. The van der Waals surface area contributed by atoms with E-state index in [2.05, 4.69) is 0 Å². The monoisotopic (exact) mass is 147 g/mol. The van der Waals surface area contributed by atoms with Crippen molar-refractivity contribution in [2.45, 2.75) is 13.4 Å². The number of hydrogen-bond donors (Lipinski definition) is 0. The van der Waals surface area contributed by atoms with Crippen molar-refractivity contribution in [1.29, 1.82) is 0 Å². The van der Waals surface area contributed by atoms with Gasteiger partial charge in [-0.1, -0.05) is 0 Å². The molecule has 53 valence electrons. The molecule has 0 saturated carbocycles. The normalized spacial score (nSPS) is 8.00. The van der Waals surface area contributed by atoms with Crippen molar-refractivity contribution in [1.82, 2.24) is 0 Å². The fourth-order valence-electron chi connectivity index (χ4n) is 0. The Hall–Kier alpha value is 0.177. The first-order valence-electron chi connectivity index (χ1n) is 1.31. The van der Waals surface area contributed by atoms with Gasteiger partial charge < -0.3 is 0 Å². The SMILES string of the molecule is FC(F)F.FC(F)F.[Li]. The molecule has 0 aromatic heterocycles. The van der Waals surface area contributed by atoms with Crippen molar-refractivity contribution in [2.24, 2.45) is 0 Å². The Labute approximate surface area is 59.4 Å². The third-order valence-corrected chi connectivity index (χ3v) is 0. The molecule has 0 aromatic rings. The average molecular weight is 147 g/mol. The van der Waals surface area contributed by atoms with Crippen LogP contribution in [0.2, 0.25) is 0 Å². The van der Waals surface area contributed by atoms with Gasteiger partial charge in [-0.2, -0.15) is 26.3 Å². The minimum atomic E-state index is -3.67. The van der Waals surface area contributed by atoms with Gasteiger partial charge in [-0.05, 0) is 0 Å². The van der Waals surface area contributed by atoms with Gasteiger partial charge in [0.25, 0.3) is 0 Å². The maximum absolute atomic E-state index is 9.67. The zero-order valence-corrected chi connectivity index (χ0v) is 4.42. The Balaban J connectivity index is -0.0000000720. The van der Waals surface area contributed by atoms with Crippen molar-refractivity contribution in [3.05, 3.63) is 0 Å². The summed E-state index contributed by atoms with van der Waals surface area (Å²) in [7, 11) is 0. The topological polar surface area (TPSA) is 0 Å². The summed E-state index contributed by atoms with van der Waals surface area (Å²) in [5.41, 5.74) is 0. The van der Waals surface area contributed by atoms with Crippen LogP contribution in [0.1, 0.15) is 0 Å². The van der Waals surface area contributed by atoms with Gasteiger partial charge in [0.1, 0.15) is 0 Å². The summed E-state index contributed by atoms with van der Waals surface area (Å²) in [5.74, 6) is 0. The van der Waals surface area contributed by atoms with Crippen LogP contribution < -0.4 is 0 Å². The molecule has 0 aromatic carbocycles. The second kappa shape index (κ2) is 11.0. The van der Waals surface area contributed by atoms with Crippen LogP contribution in [0, 0.1) is 0 Å². The van der Waals surface area contributed by atoms with E-state index in [4.69, 9.17) is 0 Å². The van der Waals surface area contributed by atoms with Crippen LogP contribution in [-0.4, -0.2) is 32.2 Å². The van der Waals surface area contributed by atoms with Gasteiger partial charge in [0.2, 0.25) is 0 Å². The molecule has 9 heavy (non-hydrogen) atoms. The molecule has 0 fully saturated rings. The summed E-state index contributed by atoms with van der Waals surface area (Å²) in [6.07, 6.45) is 0. The van der Waals surface area contributed by atoms with E-state index < -0.39 is 13.4 Å². The first kappa shape index (κ1) is 16.1. The minimum Gasteiger partial charge on any atom is -0.174 e. The van der Waals surface area contributed by atoms with Crippen LogP contribution in [0.5, 0.6) is 0 Å². The van der Waals surface area contributed by atoms with Crippen LogP contribution in [0.25, 0.3) is 0 Å². The van der Waals surface area contributed by atoms with Gasteiger partial charge in [0.15, 0.2) is 0 Å². The van der Waals surface area contributed by atoms with Gasteiger partial charge in [0, 0.05) is 18.9 Å². The van der Waals surface area contributed by atoms with Crippen LogP contribution in [0.4, 0.5) is 26.3 Å². The molecule has 0 aliphatic heterocycles. The van der Waals surface area contributed by atoms with Crippen LogP contribution in [0.15, 0.2) is 0 Å². The smallest absolute Gasteiger partial charge is 0.174 e. The quantitative estimate of drug-likeness (QED) is 0.363. The number of halogens is 6. The fraction of sp³-hybridized carbons (Fsp3) is 1.00. The zero-order valence-electron chi connectivity index (χ0n) is 4.42. The molecule has 0 aliphatic rings. The molecule has 0 amide bonds. The third-order valence-electron chi connectivity index (χ3n) is 0. The van der Waals surface area contributed by atoms with E-state index in [0.717, 1.165) is 0 Å². The first-order valence-corrected chi connectivity index (χ1v) is 1.31. The predicted molar refractivity (Wildman–Crippen MR) is 20.0 cm³/mol. The average Bonchev–Trinajstić information content (AvgIpc) is 1.25. The van der Waals surface area contributed by atoms with Gasteiger partial charge in [-0.25, -0.2) is 0 Å². The molecule has 0 unspecified atom stereocenters. The molecule has 0 rings (SSSR count). The van der Waals surface area contributed by atoms with Gasteiger partial charge in [-0.15, -0.1) is 0 Å². The fourth-order valence-corrected chi connectivity index (χ4v) is 0. The predicted octanol–water partition coefficient (Wildman–Crippen LogP) is 1.98. The van der Waals surface area contributed by atoms with E-state index in [0.29, 0.717) is 0 Å². The number of alkyl halides is 6. The molecule has 0 nitrogen and oxygen atoms in total. The zero-order chi connectivity index (χ0) is 7.15. The molecule has 0 atom stereocenters. The van der Waals surface area contributed by atoms with Crippen LogP contribution in [-0.2, 0) is 0 Å². The second-order valence-electron chi connectivity index (χ2n) is 0.495. The molecular weight excluding hydrogens is 145 g/mol.